The predicted molar refractivity (Wildman–Crippen MR) is 75.4 cm³/mol. The Morgan fingerprint density at radius 2 is 2.24 bits per heavy atom. The number of carbonyl (C=O) groups is 1. The van der Waals surface area contributed by atoms with E-state index in [1.165, 1.54) is 0 Å². The standard InChI is InChI=1S/C15H15N3O3/c1-10-3-2-4-12-15(10)18-14(20-12)9-16-13(19)6-5-11-7-8-17-21-11/h2-4,7-8H,5-6,9H2,1H3,(H,16,19). The van der Waals surface area contributed by atoms with Gasteiger partial charge in [0.15, 0.2) is 5.58 Å². The highest BCUT2D eigenvalue weighted by Gasteiger charge is 2.09. The smallest absolute Gasteiger partial charge is 0.220 e. The summed E-state index contributed by atoms with van der Waals surface area (Å²) in [5, 5.41) is 6.38. The minimum atomic E-state index is -0.0784. The number of amides is 1. The van der Waals surface area contributed by atoms with Crippen molar-refractivity contribution in [3.8, 4) is 0 Å². The molecule has 1 N–H and O–H groups in total. The van der Waals surface area contributed by atoms with Gasteiger partial charge in [-0.1, -0.05) is 17.3 Å². The number of hydrogen-bond acceptors (Lipinski definition) is 5. The maximum absolute atomic E-state index is 11.8. The fourth-order valence-electron chi connectivity index (χ4n) is 2.08. The van der Waals surface area contributed by atoms with E-state index in [0.29, 0.717) is 24.5 Å². The highest BCUT2D eigenvalue weighted by molar-refractivity contribution is 5.77. The van der Waals surface area contributed by atoms with Gasteiger partial charge in [-0.2, -0.15) is 0 Å². The molecule has 0 spiro atoms. The van der Waals surface area contributed by atoms with Crippen LogP contribution < -0.4 is 5.32 Å². The zero-order valence-electron chi connectivity index (χ0n) is 11.6. The second-order valence-electron chi connectivity index (χ2n) is 4.78. The van der Waals surface area contributed by atoms with Crippen LogP contribution >= 0.6 is 0 Å². The quantitative estimate of drug-likeness (QED) is 0.778. The Morgan fingerprint density at radius 1 is 1.33 bits per heavy atom. The maximum Gasteiger partial charge on any atom is 0.220 e. The molecule has 0 aliphatic rings. The van der Waals surface area contributed by atoms with Gasteiger partial charge in [0.25, 0.3) is 0 Å². The van der Waals surface area contributed by atoms with Crippen LogP contribution in [-0.4, -0.2) is 16.0 Å². The molecule has 0 saturated carbocycles. The fraction of sp³-hybridized carbons (Fsp3) is 0.267. The predicted octanol–water partition coefficient (Wildman–Crippen LogP) is 2.37. The monoisotopic (exact) mass is 285 g/mol. The van der Waals surface area contributed by atoms with Gasteiger partial charge in [0, 0.05) is 18.9 Å². The Labute approximate surface area is 121 Å². The van der Waals surface area contributed by atoms with E-state index in [4.69, 9.17) is 8.94 Å². The van der Waals surface area contributed by atoms with Crippen molar-refractivity contribution in [3.63, 3.8) is 0 Å². The van der Waals surface area contributed by atoms with Crippen LogP contribution in [0.4, 0.5) is 0 Å². The topological polar surface area (TPSA) is 81.2 Å². The third-order valence-corrected chi connectivity index (χ3v) is 3.19. The summed E-state index contributed by atoms with van der Waals surface area (Å²) in [6.07, 6.45) is 2.43. The van der Waals surface area contributed by atoms with E-state index in [-0.39, 0.29) is 12.5 Å². The van der Waals surface area contributed by atoms with Gasteiger partial charge in [-0.05, 0) is 18.6 Å². The number of nitrogens with one attached hydrogen (secondary N) is 1. The molecule has 3 rings (SSSR count). The van der Waals surface area contributed by atoms with Crippen LogP contribution in [-0.2, 0) is 17.8 Å². The lowest BCUT2D eigenvalue weighted by Crippen LogP contribution is -2.23. The molecule has 1 aromatic carbocycles. The van der Waals surface area contributed by atoms with Crippen LogP contribution in [0.3, 0.4) is 0 Å². The lowest BCUT2D eigenvalue weighted by molar-refractivity contribution is -0.121. The van der Waals surface area contributed by atoms with E-state index in [1.807, 2.05) is 25.1 Å². The molecule has 2 aromatic heterocycles. The first-order valence-corrected chi connectivity index (χ1v) is 6.73. The largest absolute Gasteiger partial charge is 0.439 e. The summed E-state index contributed by atoms with van der Waals surface area (Å²) in [6.45, 7) is 2.26. The summed E-state index contributed by atoms with van der Waals surface area (Å²) in [5.41, 5.74) is 2.63. The SMILES string of the molecule is Cc1cccc2oc(CNC(=O)CCc3ccno3)nc12. The van der Waals surface area contributed by atoms with Crippen LogP contribution in [0.2, 0.25) is 0 Å². The van der Waals surface area contributed by atoms with Gasteiger partial charge >= 0.3 is 0 Å². The number of para-hydroxylation sites is 1. The van der Waals surface area contributed by atoms with Crippen molar-refractivity contribution in [1.82, 2.24) is 15.5 Å². The van der Waals surface area contributed by atoms with Gasteiger partial charge in [-0.25, -0.2) is 4.98 Å². The van der Waals surface area contributed by atoms with E-state index < -0.39 is 0 Å². The highest BCUT2D eigenvalue weighted by Crippen LogP contribution is 2.18. The molecular weight excluding hydrogens is 270 g/mol. The van der Waals surface area contributed by atoms with E-state index in [9.17, 15) is 4.79 Å². The summed E-state index contributed by atoms with van der Waals surface area (Å²) in [7, 11) is 0. The van der Waals surface area contributed by atoms with Gasteiger partial charge in [0.05, 0.1) is 12.7 Å². The lowest BCUT2D eigenvalue weighted by Gasteiger charge is -2.00. The minimum Gasteiger partial charge on any atom is -0.439 e. The summed E-state index contributed by atoms with van der Waals surface area (Å²) >= 11 is 0. The number of carbonyl (C=O) groups excluding carboxylic acids is 1. The number of fused-ring (bicyclic) bond motifs is 1. The van der Waals surface area contributed by atoms with Gasteiger partial charge in [0.2, 0.25) is 11.8 Å². The van der Waals surface area contributed by atoms with E-state index in [0.717, 1.165) is 16.7 Å². The second kappa shape index (κ2) is 5.78. The first-order valence-electron chi connectivity index (χ1n) is 6.73. The summed E-state index contributed by atoms with van der Waals surface area (Å²) in [5.74, 6) is 1.13. The van der Waals surface area contributed by atoms with Crippen LogP contribution in [0.25, 0.3) is 11.1 Å². The molecule has 0 aliphatic carbocycles. The molecule has 0 radical (unpaired) electrons. The van der Waals surface area contributed by atoms with Crippen LogP contribution in [0, 0.1) is 6.92 Å². The molecule has 0 atom stereocenters. The van der Waals surface area contributed by atoms with Crippen LogP contribution in [0.1, 0.15) is 23.6 Å². The lowest BCUT2D eigenvalue weighted by atomic mass is 10.2. The number of hydrogen-bond donors (Lipinski definition) is 1. The Balaban J connectivity index is 1.56. The van der Waals surface area contributed by atoms with Gasteiger partial charge in [0.1, 0.15) is 11.3 Å². The van der Waals surface area contributed by atoms with Crippen LogP contribution in [0.15, 0.2) is 39.4 Å². The van der Waals surface area contributed by atoms with Crippen LogP contribution in [0.5, 0.6) is 0 Å². The number of aromatic nitrogens is 2. The molecule has 0 saturated heterocycles. The Hall–Kier alpha value is -2.63. The molecule has 1 amide bonds. The van der Waals surface area contributed by atoms with Crippen molar-refractivity contribution in [2.24, 2.45) is 0 Å². The van der Waals surface area contributed by atoms with Crippen molar-refractivity contribution in [2.75, 3.05) is 0 Å². The van der Waals surface area contributed by atoms with E-state index in [1.54, 1.807) is 12.3 Å². The van der Waals surface area contributed by atoms with E-state index >= 15 is 0 Å². The fourth-order valence-corrected chi connectivity index (χ4v) is 2.08. The number of rotatable bonds is 5. The zero-order chi connectivity index (χ0) is 14.7. The molecule has 2 heterocycles. The van der Waals surface area contributed by atoms with E-state index in [2.05, 4.69) is 15.5 Å². The average Bonchev–Trinajstić information content (AvgIpc) is 3.12. The molecule has 21 heavy (non-hydrogen) atoms. The number of benzene rings is 1. The molecule has 3 aromatic rings. The number of aryl methyl sites for hydroxylation is 2. The molecular formula is C15H15N3O3. The summed E-state index contributed by atoms with van der Waals surface area (Å²) < 4.78 is 10.5. The van der Waals surface area contributed by atoms with Gasteiger partial charge in [-0.3, -0.25) is 4.79 Å². The molecule has 0 aliphatic heterocycles. The normalized spacial score (nSPS) is 10.9. The van der Waals surface area contributed by atoms with Crippen molar-refractivity contribution in [2.45, 2.75) is 26.3 Å². The molecule has 6 heteroatoms. The maximum atomic E-state index is 11.8. The molecule has 0 fully saturated rings. The van der Waals surface area contributed by atoms with Crippen molar-refractivity contribution in [1.29, 1.82) is 0 Å². The molecule has 0 bridgehead atoms. The average molecular weight is 285 g/mol. The minimum absolute atomic E-state index is 0.0784. The van der Waals surface area contributed by atoms with Crippen molar-refractivity contribution >= 4 is 17.0 Å². The molecule has 108 valence electrons. The Morgan fingerprint density at radius 3 is 3.00 bits per heavy atom. The summed E-state index contributed by atoms with van der Waals surface area (Å²) in [4.78, 5) is 16.1. The third kappa shape index (κ3) is 3.10. The van der Waals surface area contributed by atoms with Crippen molar-refractivity contribution in [3.05, 3.63) is 47.7 Å². The number of oxazole rings is 1. The van der Waals surface area contributed by atoms with Gasteiger partial charge < -0.3 is 14.3 Å². The highest BCUT2D eigenvalue weighted by atomic mass is 16.5. The first kappa shape index (κ1) is 13.4. The zero-order valence-corrected chi connectivity index (χ0v) is 11.6. The van der Waals surface area contributed by atoms with Gasteiger partial charge in [-0.15, -0.1) is 0 Å². The summed E-state index contributed by atoms with van der Waals surface area (Å²) in [6, 6.07) is 7.51. The molecule has 0 unspecified atom stereocenters. The second-order valence-corrected chi connectivity index (χ2v) is 4.78. The number of nitrogens with zero attached hydrogens (tertiary/aromatic N) is 2. The Kier molecular flexibility index (Phi) is 3.68. The Bertz CT molecular complexity index is 747. The first-order chi connectivity index (χ1) is 10.2. The third-order valence-electron chi connectivity index (χ3n) is 3.19. The van der Waals surface area contributed by atoms with Crippen molar-refractivity contribution < 1.29 is 13.7 Å². The molecule has 6 nitrogen and oxygen atoms in total.